The lowest BCUT2D eigenvalue weighted by molar-refractivity contribution is -0.150. The maximum Gasteiger partial charge on any atom is 0.411 e. The van der Waals surface area contributed by atoms with Crippen LogP contribution in [0.3, 0.4) is 0 Å². The zero-order chi connectivity index (χ0) is 23.2. The summed E-state index contributed by atoms with van der Waals surface area (Å²) >= 11 is 2.12. The van der Waals surface area contributed by atoms with Crippen LogP contribution >= 0.6 is 22.6 Å². The van der Waals surface area contributed by atoms with Gasteiger partial charge in [-0.1, -0.05) is 52.9 Å². The van der Waals surface area contributed by atoms with E-state index in [0.717, 1.165) is 5.56 Å². The number of amides is 2. The predicted molar refractivity (Wildman–Crippen MR) is 124 cm³/mol. The van der Waals surface area contributed by atoms with Gasteiger partial charge in [0.15, 0.2) is 0 Å². The van der Waals surface area contributed by atoms with Crippen molar-refractivity contribution in [1.82, 2.24) is 9.80 Å². The third-order valence-corrected chi connectivity index (χ3v) is 6.29. The highest BCUT2D eigenvalue weighted by molar-refractivity contribution is 14.1. The molecular weight excluding hydrogens is 515 g/mol. The van der Waals surface area contributed by atoms with E-state index >= 15 is 0 Å². The maximum absolute atomic E-state index is 12.9. The first-order valence-corrected chi connectivity index (χ1v) is 11.4. The van der Waals surface area contributed by atoms with E-state index in [9.17, 15) is 14.4 Å². The summed E-state index contributed by atoms with van der Waals surface area (Å²) in [5, 5.41) is 0. The van der Waals surface area contributed by atoms with E-state index in [4.69, 9.17) is 14.2 Å². The number of likely N-dealkylation sites (tertiary alicyclic amines) is 1. The Balaban J connectivity index is 2.08. The summed E-state index contributed by atoms with van der Waals surface area (Å²) in [4.78, 5) is 40.4. The second kappa shape index (κ2) is 11.1. The Morgan fingerprint density at radius 3 is 2.39 bits per heavy atom. The van der Waals surface area contributed by atoms with Crippen LogP contribution in [-0.4, -0.2) is 70.8 Å². The van der Waals surface area contributed by atoms with Gasteiger partial charge in [-0.15, -0.1) is 0 Å². The molecule has 1 heterocycles. The number of rotatable bonds is 7. The van der Waals surface area contributed by atoms with Crippen molar-refractivity contribution in [2.75, 3.05) is 27.3 Å². The number of likely N-dealkylation sites (N-methyl/N-ethyl adjacent to an activating group) is 1. The molecule has 1 fully saturated rings. The van der Waals surface area contributed by atoms with Gasteiger partial charge in [-0.05, 0) is 32.8 Å². The molecule has 2 rings (SSSR count). The quantitative estimate of drug-likeness (QED) is 0.226. The van der Waals surface area contributed by atoms with Gasteiger partial charge in [0, 0.05) is 20.0 Å². The molecule has 8 nitrogen and oxygen atoms in total. The van der Waals surface area contributed by atoms with E-state index in [1.54, 1.807) is 34.9 Å². The van der Waals surface area contributed by atoms with Crippen molar-refractivity contribution in [3.05, 3.63) is 35.9 Å². The largest absolute Gasteiger partial charge is 0.459 e. The molecule has 0 bridgehead atoms. The predicted octanol–water partition coefficient (Wildman–Crippen LogP) is 3.22. The van der Waals surface area contributed by atoms with Gasteiger partial charge in [0.2, 0.25) is 5.91 Å². The van der Waals surface area contributed by atoms with Crippen LogP contribution in [0.25, 0.3) is 0 Å². The molecular formula is C22H31IN2O6. The number of hydrogen-bond acceptors (Lipinski definition) is 6. The minimum Gasteiger partial charge on any atom is -0.459 e. The molecule has 3 atom stereocenters. The Hall–Kier alpha value is -1.88. The van der Waals surface area contributed by atoms with Crippen LogP contribution in [0.4, 0.5) is 4.79 Å². The first-order valence-electron chi connectivity index (χ1n) is 10.1. The molecule has 0 saturated carbocycles. The zero-order valence-corrected chi connectivity index (χ0v) is 20.8. The fourth-order valence-corrected chi connectivity index (χ4v) is 4.18. The number of halogens is 1. The van der Waals surface area contributed by atoms with Gasteiger partial charge >= 0.3 is 12.1 Å². The van der Waals surface area contributed by atoms with Gasteiger partial charge in [0.1, 0.15) is 24.9 Å². The normalized spacial score (nSPS) is 21.0. The lowest BCUT2D eigenvalue weighted by atomic mass is 10.1. The van der Waals surface area contributed by atoms with Gasteiger partial charge in [-0.25, -0.2) is 9.59 Å². The van der Waals surface area contributed by atoms with Crippen molar-refractivity contribution in [1.29, 1.82) is 0 Å². The summed E-state index contributed by atoms with van der Waals surface area (Å²) in [5.41, 5.74) is 0.171. The highest BCUT2D eigenvalue weighted by Gasteiger charge is 2.48. The van der Waals surface area contributed by atoms with Gasteiger partial charge in [0.25, 0.3) is 0 Å². The Bertz CT molecular complexity index is 765. The van der Waals surface area contributed by atoms with Crippen molar-refractivity contribution in [3.63, 3.8) is 0 Å². The number of nitrogens with zero attached hydrogens (tertiary/aromatic N) is 2. The molecule has 31 heavy (non-hydrogen) atoms. The molecule has 1 saturated heterocycles. The molecule has 0 aliphatic carbocycles. The van der Waals surface area contributed by atoms with E-state index in [2.05, 4.69) is 22.6 Å². The minimum absolute atomic E-state index is 0.0532. The molecule has 1 aromatic rings. The Morgan fingerprint density at radius 1 is 1.16 bits per heavy atom. The first-order chi connectivity index (χ1) is 14.5. The van der Waals surface area contributed by atoms with Crippen molar-refractivity contribution in [3.8, 4) is 0 Å². The number of hydrogen-bond donors (Lipinski definition) is 0. The third-order valence-electron chi connectivity index (χ3n) is 4.67. The fourth-order valence-electron chi connectivity index (χ4n) is 3.06. The molecule has 9 heteroatoms. The number of benzene rings is 1. The van der Waals surface area contributed by atoms with Gasteiger partial charge in [-0.3, -0.25) is 9.69 Å². The third kappa shape index (κ3) is 7.64. The van der Waals surface area contributed by atoms with Crippen molar-refractivity contribution in [2.24, 2.45) is 5.92 Å². The van der Waals surface area contributed by atoms with E-state index in [-0.39, 0.29) is 35.7 Å². The van der Waals surface area contributed by atoms with Gasteiger partial charge in [-0.2, -0.15) is 0 Å². The summed E-state index contributed by atoms with van der Waals surface area (Å²) in [6, 6.07) is 8.59. The average Bonchev–Trinajstić information content (AvgIpc) is 3.02. The number of ether oxygens (including phenoxy) is 3. The lowest BCUT2D eigenvalue weighted by Crippen LogP contribution is -2.46. The van der Waals surface area contributed by atoms with Crippen LogP contribution in [0, 0.1) is 5.92 Å². The van der Waals surface area contributed by atoms with Crippen LogP contribution < -0.4 is 0 Å². The summed E-state index contributed by atoms with van der Waals surface area (Å²) in [5.74, 6) is -0.772. The van der Waals surface area contributed by atoms with E-state index in [1.807, 2.05) is 30.3 Å². The summed E-state index contributed by atoms with van der Waals surface area (Å²) in [6.07, 6.45) is -0.197. The number of esters is 1. The monoisotopic (exact) mass is 546 g/mol. The number of carbonyl (C=O) groups excluding carboxylic acids is 3. The first kappa shape index (κ1) is 25.4. The lowest BCUT2D eigenvalue weighted by Gasteiger charge is -2.30. The smallest absolute Gasteiger partial charge is 0.411 e. The van der Waals surface area contributed by atoms with Gasteiger partial charge < -0.3 is 19.1 Å². The average molecular weight is 546 g/mol. The van der Waals surface area contributed by atoms with E-state index < -0.39 is 23.7 Å². The van der Waals surface area contributed by atoms with Crippen molar-refractivity contribution >= 4 is 40.6 Å². The maximum atomic E-state index is 12.9. The molecule has 0 N–H and O–H groups in total. The summed E-state index contributed by atoms with van der Waals surface area (Å²) < 4.78 is 16.3. The highest BCUT2D eigenvalue weighted by atomic mass is 127. The standard InChI is InChI=1S/C22H31IN2O6/c1-22(2,3)31-21(28)25-17(20(27)30-12-15-9-7-6-8-10-15)11-16(19(25)23)13-29-14-18(26)24(4)5/h6-10,16-17,19H,11-14H2,1-5H3/t16-,17+,19+/m1/s1. The minimum atomic E-state index is -0.779. The van der Waals surface area contributed by atoms with Crippen LogP contribution in [0.15, 0.2) is 30.3 Å². The number of alkyl halides is 1. The van der Waals surface area contributed by atoms with Crippen molar-refractivity contribution in [2.45, 2.75) is 49.5 Å². The second-order valence-electron chi connectivity index (χ2n) is 8.67. The van der Waals surface area contributed by atoms with Gasteiger partial charge in [0.05, 0.1) is 10.7 Å². The topological polar surface area (TPSA) is 85.4 Å². The summed E-state index contributed by atoms with van der Waals surface area (Å²) in [6.45, 7) is 5.65. The molecule has 0 radical (unpaired) electrons. The zero-order valence-electron chi connectivity index (χ0n) is 18.7. The SMILES string of the molecule is CN(C)C(=O)COC[C@H]1C[C@@H](C(=O)OCc2ccccc2)N(C(=O)OC(C)(C)C)[C@@H]1I. The molecule has 172 valence electrons. The second-order valence-corrected chi connectivity index (χ2v) is 9.94. The van der Waals surface area contributed by atoms with Crippen LogP contribution in [-0.2, 0) is 30.4 Å². The molecule has 1 aliphatic rings. The molecule has 1 aliphatic heterocycles. The number of carbonyl (C=O) groups is 3. The molecule has 2 amide bonds. The van der Waals surface area contributed by atoms with E-state index in [1.165, 1.54) is 9.80 Å². The Morgan fingerprint density at radius 2 is 1.81 bits per heavy atom. The fraction of sp³-hybridized carbons (Fsp3) is 0.591. The molecule has 0 aromatic heterocycles. The molecule has 0 spiro atoms. The highest BCUT2D eigenvalue weighted by Crippen LogP contribution is 2.36. The van der Waals surface area contributed by atoms with Crippen LogP contribution in [0.5, 0.6) is 0 Å². The van der Waals surface area contributed by atoms with Crippen molar-refractivity contribution < 1.29 is 28.6 Å². The van der Waals surface area contributed by atoms with Crippen LogP contribution in [0.2, 0.25) is 0 Å². The molecule has 0 unspecified atom stereocenters. The summed E-state index contributed by atoms with van der Waals surface area (Å²) in [7, 11) is 3.32. The van der Waals surface area contributed by atoms with Crippen LogP contribution in [0.1, 0.15) is 32.8 Å². The Labute approximate surface area is 197 Å². The Kier molecular flexibility index (Phi) is 9.11. The van der Waals surface area contributed by atoms with E-state index in [0.29, 0.717) is 6.42 Å². The molecule has 1 aromatic carbocycles.